The van der Waals surface area contributed by atoms with Crippen LogP contribution < -0.4 is 15.4 Å². The van der Waals surface area contributed by atoms with Gasteiger partial charge in [-0.2, -0.15) is 10.1 Å². The van der Waals surface area contributed by atoms with Gasteiger partial charge in [0.15, 0.2) is 0 Å². The molecule has 21 heavy (non-hydrogen) atoms. The third kappa shape index (κ3) is 4.30. The van der Waals surface area contributed by atoms with E-state index in [-0.39, 0.29) is 5.95 Å². The highest BCUT2D eigenvalue weighted by atomic mass is 16.5. The smallest absolute Gasteiger partial charge is 0.316 e. The Morgan fingerprint density at radius 1 is 1.24 bits per heavy atom. The van der Waals surface area contributed by atoms with Gasteiger partial charge in [-0.1, -0.05) is 12.1 Å². The van der Waals surface area contributed by atoms with Crippen LogP contribution in [0, 0.1) is 0 Å². The second-order valence-corrected chi connectivity index (χ2v) is 4.14. The summed E-state index contributed by atoms with van der Waals surface area (Å²) in [7, 11) is 1.60. The summed E-state index contributed by atoms with van der Waals surface area (Å²) < 4.78 is 5.06. The van der Waals surface area contributed by atoms with Gasteiger partial charge >= 0.3 is 11.8 Å². The maximum absolute atomic E-state index is 11.6. The summed E-state index contributed by atoms with van der Waals surface area (Å²) in [6, 6.07) is 7.49. The first-order chi connectivity index (χ1) is 10.2. The number of nitrogens with one attached hydrogen (secondary N) is 3. The minimum atomic E-state index is -0.790. The molecule has 3 N–H and O–H groups in total. The number of ether oxygens (including phenoxy) is 1. The lowest BCUT2D eigenvalue weighted by molar-refractivity contribution is -0.136. The van der Waals surface area contributed by atoms with Crippen molar-refractivity contribution in [3.05, 3.63) is 36.2 Å². The van der Waals surface area contributed by atoms with Crippen LogP contribution in [0.4, 0.5) is 5.95 Å². The third-order valence-electron chi connectivity index (χ3n) is 2.71. The second-order valence-electron chi connectivity index (χ2n) is 4.14. The van der Waals surface area contributed by atoms with Gasteiger partial charge in [0, 0.05) is 6.54 Å². The largest absolute Gasteiger partial charge is 0.497 e. The van der Waals surface area contributed by atoms with Gasteiger partial charge in [-0.25, -0.2) is 5.10 Å². The van der Waals surface area contributed by atoms with E-state index in [0.29, 0.717) is 13.0 Å². The Kier molecular flexibility index (Phi) is 4.86. The van der Waals surface area contributed by atoms with Crippen molar-refractivity contribution < 1.29 is 14.3 Å². The zero-order chi connectivity index (χ0) is 15.1. The second kappa shape index (κ2) is 7.04. The predicted molar refractivity (Wildman–Crippen MR) is 74.7 cm³/mol. The minimum Gasteiger partial charge on any atom is -0.497 e. The van der Waals surface area contributed by atoms with Gasteiger partial charge in [-0.15, -0.1) is 0 Å². The first-order valence-corrected chi connectivity index (χ1v) is 6.26. The molecule has 1 heterocycles. The van der Waals surface area contributed by atoms with Gasteiger partial charge in [0.2, 0.25) is 5.95 Å². The molecule has 2 amide bonds. The van der Waals surface area contributed by atoms with Gasteiger partial charge < -0.3 is 10.1 Å². The number of amides is 2. The van der Waals surface area contributed by atoms with Crippen molar-refractivity contribution in [1.29, 1.82) is 0 Å². The first kappa shape index (κ1) is 14.5. The quantitative estimate of drug-likeness (QED) is 0.677. The van der Waals surface area contributed by atoms with Crippen molar-refractivity contribution in [1.82, 2.24) is 20.5 Å². The first-order valence-electron chi connectivity index (χ1n) is 6.26. The lowest BCUT2D eigenvalue weighted by Crippen LogP contribution is -2.36. The standard InChI is InChI=1S/C13H15N5O3/c1-21-10-4-2-9(3-5-10)6-7-14-11(19)12(20)17-13-15-8-16-18-13/h2-5,8H,6-7H2,1H3,(H,14,19)(H2,15,16,17,18,20). The van der Waals surface area contributed by atoms with E-state index in [1.54, 1.807) is 7.11 Å². The summed E-state index contributed by atoms with van der Waals surface area (Å²) in [4.78, 5) is 26.8. The molecule has 0 radical (unpaired) electrons. The molecular formula is C13H15N5O3. The van der Waals surface area contributed by atoms with Crippen LogP contribution in [0.2, 0.25) is 0 Å². The van der Waals surface area contributed by atoms with Gasteiger partial charge in [-0.05, 0) is 24.1 Å². The molecule has 0 aliphatic rings. The molecule has 0 spiro atoms. The molecule has 2 rings (SSSR count). The molecule has 8 heteroatoms. The fraction of sp³-hybridized carbons (Fsp3) is 0.231. The lowest BCUT2D eigenvalue weighted by atomic mass is 10.1. The predicted octanol–water partition coefficient (Wildman–Crippen LogP) is 0.111. The Hall–Kier alpha value is -2.90. The molecule has 110 valence electrons. The molecule has 0 bridgehead atoms. The Morgan fingerprint density at radius 3 is 2.62 bits per heavy atom. The van der Waals surface area contributed by atoms with Crippen LogP contribution in [-0.2, 0) is 16.0 Å². The summed E-state index contributed by atoms with van der Waals surface area (Å²) in [6.07, 6.45) is 1.85. The molecular weight excluding hydrogens is 274 g/mol. The van der Waals surface area contributed by atoms with Crippen molar-refractivity contribution in [3.8, 4) is 5.75 Å². The van der Waals surface area contributed by atoms with E-state index < -0.39 is 11.8 Å². The summed E-state index contributed by atoms with van der Waals surface area (Å²) >= 11 is 0. The van der Waals surface area contributed by atoms with E-state index in [1.165, 1.54) is 6.33 Å². The van der Waals surface area contributed by atoms with E-state index in [0.717, 1.165) is 11.3 Å². The molecule has 8 nitrogen and oxygen atoms in total. The number of benzene rings is 1. The summed E-state index contributed by atoms with van der Waals surface area (Å²) in [5, 5.41) is 10.8. The molecule has 0 unspecified atom stereocenters. The maximum Gasteiger partial charge on any atom is 0.316 e. The molecule has 0 aliphatic heterocycles. The van der Waals surface area contributed by atoms with Gasteiger partial charge in [0.1, 0.15) is 12.1 Å². The number of aromatic nitrogens is 3. The van der Waals surface area contributed by atoms with E-state index in [2.05, 4.69) is 25.8 Å². The number of nitrogens with zero attached hydrogens (tertiary/aromatic N) is 2. The number of rotatable bonds is 5. The van der Waals surface area contributed by atoms with Crippen molar-refractivity contribution in [2.75, 3.05) is 19.0 Å². The summed E-state index contributed by atoms with van der Waals surface area (Å²) in [6.45, 7) is 0.356. The number of hydrogen-bond acceptors (Lipinski definition) is 5. The topological polar surface area (TPSA) is 109 Å². The normalized spacial score (nSPS) is 9.95. The van der Waals surface area contributed by atoms with Crippen LogP contribution in [-0.4, -0.2) is 40.7 Å². The Labute approximate surface area is 120 Å². The highest BCUT2D eigenvalue weighted by molar-refractivity contribution is 6.39. The number of carbonyl (C=O) groups is 2. The zero-order valence-corrected chi connectivity index (χ0v) is 11.4. The monoisotopic (exact) mass is 289 g/mol. The number of aromatic amines is 1. The van der Waals surface area contributed by atoms with Crippen LogP contribution in [0.3, 0.4) is 0 Å². The molecule has 0 aliphatic carbocycles. The van der Waals surface area contributed by atoms with Gasteiger partial charge in [0.05, 0.1) is 7.11 Å². The average molecular weight is 289 g/mol. The summed E-state index contributed by atoms with van der Waals surface area (Å²) in [5.41, 5.74) is 1.03. The fourth-order valence-electron chi connectivity index (χ4n) is 1.62. The maximum atomic E-state index is 11.6. The Morgan fingerprint density at radius 2 is 2.00 bits per heavy atom. The molecule has 1 aromatic heterocycles. The van der Waals surface area contributed by atoms with Crippen molar-refractivity contribution in [2.24, 2.45) is 0 Å². The van der Waals surface area contributed by atoms with Crippen LogP contribution in [0.15, 0.2) is 30.6 Å². The van der Waals surface area contributed by atoms with E-state index in [4.69, 9.17) is 4.74 Å². The minimum absolute atomic E-state index is 0.130. The lowest BCUT2D eigenvalue weighted by Gasteiger charge is -2.05. The third-order valence-corrected chi connectivity index (χ3v) is 2.71. The van der Waals surface area contributed by atoms with Crippen LogP contribution >= 0.6 is 0 Å². The highest BCUT2D eigenvalue weighted by Gasteiger charge is 2.14. The van der Waals surface area contributed by atoms with Crippen molar-refractivity contribution in [2.45, 2.75) is 6.42 Å². The number of H-pyrrole nitrogens is 1. The SMILES string of the molecule is COc1ccc(CCNC(=O)C(=O)Nc2ncn[nH]2)cc1. The van der Waals surface area contributed by atoms with Crippen LogP contribution in [0.1, 0.15) is 5.56 Å². The van der Waals surface area contributed by atoms with Crippen molar-refractivity contribution in [3.63, 3.8) is 0 Å². The average Bonchev–Trinajstić information content (AvgIpc) is 3.00. The Balaban J connectivity index is 1.74. The van der Waals surface area contributed by atoms with E-state index in [1.807, 2.05) is 24.3 Å². The zero-order valence-electron chi connectivity index (χ0n) is 11.4. The number of methoxy groups -OCH3 is 1. The van der Waals surface area contributed by atoms with Crippen LogP contribution in [0.25, 0.3) is 0 Å². The Bertz CT molecular complexity index is 595. The fourth-order valence-corrected chi connectivity index (χ4v) is 1.62. The molecule has 0 atom stereocenters. The molecule has 0 saturated heterocycles. The molecule has 0 saturated carbocycles. The van der Waals surface area contributed by atoms with Crippen LogP contribution in [0.5, 0.6) is 5.75 Å². The molecule has 1 aromatic carbocycles. The molecule has 0 fully saturated rings. The number of carbonyl (C=O) groups excluding carboxylic acids is 2. The molecule has 2 aromatic rings. The van der Waals surface area contributed by atoms with Crippen molar-refractivity contribution >= 4 is 17.8 Å². The van der Waals surface area contributed by atoms with E-state index in [9.17, 15) is 9.59 Å². The highest BCUT2D eigenvalue weighted by Crippen LogP contribution is 2.11. The number of hydrogen-bond donors (Lipinski definition) is 3. The van der Waals surface area contributed by atoms with Gasteiger partial charge in [0.25, 0.3) is 0 Å². The van der Waals surface area contributed by atoms with E-state index >= 15 is 0 Å². The number of anilines is 1. The van der Waals surface area contributed by atoms with Gasteiger partial charge in [-0.3, -0.25) is 14.9 Å². The summed E-state index contributed by atoms with van der Waals surface area (Å²) in [5.74, 6) is -0.610.